The summed E-state index contributed by atoms with van der Waals surface area (Å²) in [5, 5.41) is 26.5. The number of hydrogen-bond donors (Lipinski definition) is 0. The molecular weight excluding hydrogens is 396 g/mol. The molecule has 0 radical (unpaired) electrons. The SMILES string of the molecule is N#CCCCCCCCN(CCCCCCCC#N)S(=O)(=O)c1ccccc1C#N. The van der Waals surface area contributed by atoms with Crippen molar-refractivity contribution in [3.8, 4) is 18.2 Å². The predicted octanol–water partition coefficient (Wildman–Crippen LogP) is 5.28. The Bertz CT molecular complexity index is 819. The van der Waals surface area contributed by atoms with Gasteiger partial charge in [-0.3, -0.25) is 0 Å². The maximum absolute atomic E-state index is 13.2. The summed E-state index contributed by atoms with van der Waals surface area (Å²) in [5.74, 6) is 0. The van der Waals surface area contributed by atoms with Gasteiger partial charge in [0.2, 0.25) is 10.0 Å². The lowest BCUT2D eigenvalue weighted by molar-refractivity contribution is 0.384. The second kappa shape index (κ2) is 15.4. The molecule has 1 aromatic rings. The number of unbranched alkanes of at least 4 members (excludes halogenated alkanes) is 10. The van der Waals surface area contributed by atoms with E-state index in [0.717, 1.165) is 64.2 Å². The first-order chi connectivity index (χ1) is 14.6. The van der Waals surface area contributed by atoms with Gasteiger partial charge in [0, 0.05) is 25.9 Å². The summed E-state index contributed by atoms with van der Waals surface area (Å²) in [5.41, 5.74) is 0.176. The molecule has 0 heterocycles. The number of hydrogen-bond acceptors (Lipinski definition) is 5. The fourth-order valence-corrected chi connectivity index (χ4v) is 4.98. The molecule has 6 nitrogen and oxygen atoms in total. The lowest BCUT2D eigenvalue weighted by atomic mass is 10.1. The highest BCUT2D eigenvalue weighted by molar-refractivity contribution is 7.89. The quantitative estimate of drug-likeness (QED) is 0.333. The van der Waals surface area contributed by atoms with E-state index in [0.29, 0.717) is 25.9 Å². The van der Waals surface area contributed by atoms with Crippen LogP contribution in [0.15, 0.2) is 29.2 Å². The van der Waals surface area contributed by atoms with Crippen molar-refractivity contribution in [3.63, 3.8) is 0 Å². The summed E-state index contributed by atoms with van der Waals surface area (Å²) < 4.78 is 28.0. The molecule has 0 amide bonds. The van der Waals surface area contributed by atoms with Crippen molar-refractivity contribution in [1.29, 1.82) is 15.8 Å². The molecular formula is C23H32N4O2S. The van der Waals surface area contributed by atoms with E-state index in [9.17, 15) is 13.7 Å². The highest BCUT2D eigenvalue weighted by atomic mass is 32.2. The first kappa shape index (κ1) is 25.6. The molecule has 0 atom stereocenters. The van der Waals surface area contributed by atoms with Crippen LogP contribution in [-0.2, 0) is 10.0 Å². The fraction of sp³-hybridized carbons (Fsp3) is 0.609. The van der Waals surface area contributed by atoms with Gasteiger partial charge >= 0.3 is 0 Å². The second-order valence-electron chi connectivity index (χ2n) is 7.36. The normalized spacial score (nSPS) is 11.0. The number of nitrogens with zero attached hydrogens (tertiary/aromatic N) is 4. The average molecular weight is 429 g/mol. The Morgan fingerprint density at radius 2 is 1.17 bits per heavy atom. The minimum Gasteiger partial charge on any atom is -0.207 e. The van der Waals surface area contributed by atoms with Crippen LogP contribution in [0.5, 0.6) is 0 Å². The molecule has 0 saturated carbocycles. The molecule has 0 saturated heterocycles. The van der Waals surface area contributed by atoms with E-state index in [2.05, 4.69) is 12.1 Å². The van der Waals surface area contributed by atoms with Gasteiger partial charge in [-0.2, -0.15) is 20.1 Å². The third-order valence-corrected chi connectivity index (χ3v) is 6.97. The van der Waals surface area contributed by atoms with Crippen molar-refractivity contribution in [3.05, 3.63) is 29.8 Å². The highest BCUT2D eigenvalue weighted by Crippen LogP contribution is 2.21. The van der Waals surface area contributed by atoms with Gasteiger partial charge < -0.3 is 0 Å². The topological polar surface area (TPSA) is 109 Å². The van der Waals surface area contributed by atoms with Gasteiger partial charge in [0.25, 0.3) is 0 Å². The van der Waals surface area contributed by atoms with E-state index in [1.807, 2.05) is 6.07 Å². The third-order valence-electron chi connectivity index (χ3n) is 5.02. The van der Waals surface area contributed by atoms with Gasteiger partial charge in [-0.15, -0.1) is 0 Å². The van der Waals surface area contributed by atoms with Crippen LogP contribution in [-0.4, -0.2) is 25.8 Å². The molecule has 0 aliphatic carbocycles. The average Bonchev–Trinajstić information content (AvgIpc) is 2.76. The summed E-state index contributed by atoms with van der Waals surface area (Å²) >= 11 is 0. The van der Waals surface area contributed by atoms with Crippen molar-refractivity contribution < 1.29 is 8.42 Å². The van der Waals surface area contributed by atoms with Gasteiger partial charge in [0.15, 0.2) is 0 Å². The van der Waals surface area contributed by atoms with Gasteiger partial charge in [-0.05, 0) is 37.8 Å². The Hall–Kier alpha value is -2.40. The molecule has 0 aliphatic heterocycles. The zero-order valence-electron chi connectivity index (χ0n) is 17.7. The zero-order valence-corrected chi connectivity index (χ0v) is 18.5. The number of sulfonamides is 1. The molecule has 0 spiro atoms. The van der Waals surface area contributed by atoms with Crippen LogP contribution in [0, 0.1) is 34.0 Å². The largest absolute Gasteiger partial charge is 0.244 e. The first-order valence-corrected chi connectivity index (χ1v) is 12.2. The van der Waals surface area contributed by atoms with Crippen molar-refractivity contribution >= 4 is 10.0 Å². The van der Waals surface area contributed by atoms with Crippen LogP contribution >= 0.6 is 0 Å². The Labute approximate surface area is 181 Å². The molecule has 7 heteroatoms. The van der Waals surface area contributed by atoms with E-state index in [4.69, 9.17) is 10.5 Å². The number of rotatable bonds is 16. The lowest BCUT2D eigenvalue weighted by Crippen LogP contribution is -2.33. The minimum absolute atomic E-state index is 0.0792. The van der Waals surface area contributed by atoms with Crippen LogP contribution in [0.25, 0.3) is 0 Å². The van der Waals surface area contributed by atoms with E-state index < -0.39 is 10.0 Å². The zero-order chi connectivity index (χ0) is 22.1. The van der Waals surface area contributed by atoms with Crippen molar-refractivity contribution in [1.82, 2.24) is 4.31 Å². The van der Waals surface area contributed by atoms with Crippen LogP contribution in [0.2, 0.25) is 0 Å². The Morgan fingerprint density at radius 3 is 1.67 bits per heavy atom. The summed E-state index contributed by atoms with van der Waals surface area (Å²) in [4.78, 5) is 0.0792. The van der Waals surface area contributed by atoms with E-state index in [-0.39, 0.29) is 10.5 Å². The summed E-state index contributed by atoms with van der Waals surface area (Å²) in [7, 11) is -3.72. The van der Waals surface area contributed by atoms with Crippen LogP contribution < -0.4 is 0 Å². The maximum Gasteiger partial charge on any atom is 0.244 e. The van der Waals surface area contributed by atoms with Crippen LogP contribution in [0.3, 0.4) is 0 Å². The standard InChI is InChI=1S/C23H32N4O2S/c24-17-11-5-1-3-7-13-19-27(20-14-8-4-2-6-12-18-25)30(28,29)23-16-10-9-15-22(23)21-26/h9-10,15-16H,1-8,11-14,19-20H2. The fourth-order valence-electron chi connectivity index (χ4n) is 3.32. The van der Waals surface area contributed by atoms with Gasteiger partial charge in [-0.1, -0.05) is 50.7 Å². The van der Waals surface area contributed by atoms with Crippen molar-refractivity contribution in [2.24, 2.45) is 0 Å². The molecule has 0 unspecified atom stereocenters. The summed E-state index contributed by atoms with van der Waals surface area (Å²) in [6, 6.07) is 12.6. The smallest absolute Gasteiger partial charge is 0.207 e. The molecule has 162 valence electrons. The highest BCUT2D eigenvalue weighted by Gasteiger charge is 2.26. The minimum atomic E-state index is -3.72. The Kier molecular flexibility index (Phi) is 13.2. The molecule has 0 bridgehead atoms. The maximum atomic E-state index is 13.2. The molecule has 0 aliphatic rings. The molecule has 30 heavy (non-hydrogen) atoms. The monoisotopic (exact) mass is 428 g/mol. The first-order valence-electron chi connectivity index (χ1n) is 10.8. The molecule has 0 fully saturated rings. The number of nitriles is 3. The summed E-state index contributed by atoms with van der Waals surface area (Å²) in [6.07, 6.45) is 10.2. The Balaban J connectivity index is 2.68. The van der Waals surface area contributed by atoms with Crippen LogP contribution in [0.4, 0.5) is 0 Å². The lowest BCUT2D eigenvalue weighted by Gasteiger charge is -2.23. The third kappa shape index (κ3) is 9.40. The molecule has 1 aromatic carbocycles. The van der Waals surface area contributed by atoms with Crippen LogP contribution in [0.1, 0.15) is 82.6 Å². The number of benzene rings is 1. The molecule has 0 aromatic heterocycles. The van der Waals surface area contributed by atoms with Crippen molar-refractivity contribution in [2.45, 2.75) is 81.9 Å². The summed E-state index contributed by atoms with van der Waals surface area (Å²) in [6.45, 7) is 0.879. The van der Waals surface area contributed by atoms with E-state index in [1.165, 1.54) is 16.4 Å². The van der Waals surface area contributed by atoms with E-state index in [1.54, 1.807) is 12.1 Å². The van der Waals surface area contributed by atoms with Gasteiger partial charge in [-0.25, -0.2) is 8.42 Å². The predicted molar refractivity (Wildman–Crippen MR) is 117 cm³/mol. The van der Waals surface area contributed by atoms with Gasteiger partial charge in [0.05, 0.1) is 22.6 Å². The molecule has 1 rings (SSSR count). The van der Waals surface area contributed by atoms with Crippen molar-refractivity contribution in [2.75, 3.05) is 13.1 Å². The van der Waals surface area contributed by atoms with Gasteiger partial charge in [0.1, 0.15) is 6.07 Å². The van der Waals surface area contributed by atoms with E-state index >= 15 is 0 Å². The second-order valence-corrected chi connectivity index (χ2v) is 9.27. The molecule has 0 N–H and O–H groups in total. The Morgan fingerprint density at radius 1 is 0.700 bits per heavy atom.